The summed E-state index contributed by atoms with van der Waals surface area (Å²) in [5.41, 5.74) is 2.08. The van der Waals surface area contributed by atoms with E-state index in [-0.39, 0.29) is 18.6 Å². The van der Waals surface area contributed by atoms with Gasteiger partial charge in [-0.3, -0.25) is 14.4 Å². The molecule has 11 nitrogen and oxygen atoms in total. The van der Waals surface area contributed by atoms with Crippen LogP contribution < -0.4 is 25.0 Å². The fourth-order valence-electron chi connectivity index (χ4n) is 5.49. The molecule has 5 rings (SSSR count). The Morgan fingerprint density at radius 2 is 1.85 bits per heavy atom. The minimum Gasteiger partial charge on any atom is -0.493 e. The third kappa shape index (κ3) is 8.08. The summed E-state index contributed by atoms with van der Waals surface area (Å²) in [5, 5.41) is 24.6. The monoisotopic (exact) mass is 680 g/mol. The van der Waals surface area contributed by atoms with E-state index in [0.717, 1.165) is 28.9 Å². The molecule has 0 bridgehead atoms. The summed E-state index contributed by atoms with van der Waals surface area (Å²) in [6, 6.07) is 16.4. The number of ether oxygens (including phenoxy) is 2. The Bertz CT molecular complexity index is 1690. The van der Waals surface area contributed by atoms with E-state index in [2.05, 4.69) is 10.6 Å². The second-order valence-corrected chi connectivity index (χ2v) is 13.5. The number of fused-ring (bicyclic) bond motifs is 1. The Balaban J connectivity index is 1.19. The molecular weight excluding hydrogens is 641 g/mol. The van der Waals surface area contributed by atoms with Crippen LogP contribution in [0.1, 0.15) is 51.0 Å². The standard InChI is InChI=1S/C35H38FN3O8S/c1-35(2,3)32(34(44)45)38-28(41)17-37-29(42)18-47-25-11-4-20(5-12-25)30-31(33(43)39(30)24-9-7-23(36)8-10-24)48-19-26(40)21-6-13-27-22(16-21)14-15-46-27/h4-13,16,26,30-32,40H,14-15,17-19H2,1-3H3,(H,37,42)(H,38,41)(H,44,45)/t26?,30-,31-,32-/m1/s1/i1D. The predicted molar refractivity (Wildman–Crippen MR) is 177 cm³/mol. The summed E-state index contributed by atoms with van der Waals surface area (Å²) in [6.45, 7) is 2.61. The van der Waals surface area contributed by atoms with Gasteiger partial charge in [0.25, 0.3) is 5.91 Å². The number of nitrogens with one attached hydrogen (secondary N) is 2. The van der Waals surface area contributed by atoms with Crippen LogP contribution in [0.2, 0.25) is 0 Å². The van der Waals surface area contributed by atoms with Crippen LogP contribution in [-0.2, 0) is 25.6 Å². The lowest BCUT2D eigenvalue weighted by Gasteiger charge is -2.47. The summed E-state index contributed by atoms with van der Waals surface area (Å²) >= 11 is 1.34. The number of carboxylic acids is 1. The topological polar surface area (TPSA) is 154 Å². The highest BCUT2D eigenvalue weighted by Gasteiger charge is 2.49. The molecule has 13 heteroatoms. The predicted octanol–water partition coefficient (Wildman–Crippen LogP) is 3.79. The smallest absolute Gasteiger partial charge is 0.326 e. The molecule has 2 aliphatic heterocycles. The summed E-state index contributed by atoms with van der Waals surface area (Å²) in [7, 11) is 0. The number of benzene rings is 3. The minimum absolute atomic E-state index is 0.171. The number of aliphatic hydroxyl groups is 1. The molecule has 0 radical (unpaired) electrons. The van der Waals surface area contributed by atoms with Gasteiger partial charge in [-0.1, -0.05) is 38.9 Å². The molecule has 48 heavy (non-hydrogen) atoms. The Hall–Kier alpha value is -4.62. The maximum absolute atomic E-state index is 13.7. The molecule has 1 saturated heterocycles. The van der Waals surface area contributed by atoms with E-state index in [0.29, 0.717) is 18.0 Å². The number of anilines is 1. The first-order valence-electron chi connectivity index (χ1n) is 16.0. The quantitative estimate of drug-likeness (QED) is 0.198. The number of β-lactam (4-membered cyclic amide) rings is 1. The van der Waals surface area contributed by atoms with Crippen molar-refractivity contribution < 1.29 is 44.6 Å². The van der Waals surface area contributed by atoms with Gasteiger partial charge in [0.2, 0.25) is 11.8 Å². The number of rotatable bonds is 13. The van der Waals surface area contributed by atoms with Crippen molar-refractivity contribution in [2.75, 3.05) is 30.4 Å². The average Bonchev–Trinajstić information content (AvgIpc) is 3.57. The van der Waals surface area contributed by atoms with Crippen molar-refractivity contribution in [2.45, 2.75) is 50.6 Å². The van der Waals surface area contributed by atoms with Crippen molar-refractivity contribution in [3.63, 3.8) is 0 Å². The van der Waals surface area contributed by atoms with E-state index < -0.39 is 65.6 Å². The first-order valence-corrected chi connectivity index (χ1v) is 16.4. The summed E-state index contributed by atoms with van der Waals surface area (Å²) < 4.78 is 32.4. The fraction of sp³-hybridized carbons (Fsp3) is 0.371. The van der Waals surface area contributed by atoms with Crippen molar-refractivity contribution in [2.24, 2.45) is 5.41 Å². The number of thioether (sulfide) groups is 1. The van der Waals surface area contributed by atoms with Crippen LogP contribution in [0.4, 0.5) is 10.1 Å². The van der Waals surface area contributed by atoms with Crippen LogP contribution in [0.25, 0.3) is 0 Å². The Morgan fingerprint density at radius 3 is 2.54 bits per heavy atom. The summed E-state index contributed by atoms with van der Waals surface area (Å²) in [4.78, 5) is 51.2. The van der Waals surface area contributed by atoms with E-state index >= 15 is 0 Å². The number of aliphatic carboxylic acids is 1. The van der Waals surface area contributed by atoms with Crippen molar-refractivity contribution in [3.8, 4) is 11.5 Å². The van der Waals surface area contributed by atoms with E-state index in [9.17, 15) is 33.8 Å². The van der Waals surface area contributed by atoms with Gasteiger partial charge in [0.15, 0.2) is 6.61 Å². The van der Waals surface area contributed by atoms with Crippen molar-refractivity contribution in [1.82, 2.24) is 10.6 Å². The average molecular weight is 681 g/mol. The molecule has 1 fully saturated rings. The second kappa shape index (κ2) is 14.7. The van der Waals surface area contributed by atoms with Gasteiger partial charge in [-0.15, -0.1) is 11.8 Å². The highest BCUT2D eigenvalue weighted by molar-refractivity contribution is 8.00. The Morgan fingerprint density at radius 1 is 1.12 bits per heavy atom. The molecular formula is C35H38FN3O8S. The molecule has 3 aromatic rings. The van der Waals surface area contributed by atoms with Crippen LogP contribution in [0.3, 0.4) is 0 Å². The van der Waals surface area contributed by atoms with Gasteiger partial charge in [0.05, 0.1) is 25.3 Å². The lowest BCUT2D eigenvalue weighted by Crippen LogP contribution is -2.57. The lowest BCUT2D eigenvalue weighted by atomic mass is 9.87. The largest absolute Gasteiger partial charge is 0.493 e. The van der Waals surface area contributed by atoms with E-state index in [1.165, 1.54) is 36.0 Å². The maximum Gasteiger partial charge on any atom is 0.326 e. The third-order valence-electron chi connectivity index (χ3n) is 8.05. The Kier molecular flexibility index (Phi) is 10.2. The number of hydrogen-bond donors (Lipinski definition) is 4. The zero-order chi connectivity index (χ0) is 35.3. The van der Waals surface area contributed by atoms with Crippen LogP contribution in [-0.4, -0.2) is 70.7 Å². The number of carbonyl (C=O) groups excluding carboxylic acids is 3. The second-order valence-electron chi connectivity index (χ2n) is 12.3. The maximum atomic E-state index is 13.7. The van der Waals surface area contributed by atoms with Gasteiger partial charge in [-0.05, 0) is 70.6 Å². The number of carbonyl (C=O) groups is 4. The van der Waals surface area contributed by atoms with Crippen LogP contribution >= 0.6 is 11.8 Å². The molecule has 4 atom stereocenters. The molecule has 0 saturated carbocycles. The number of hydrogen-bond acceptors (Lipinski definition) is 8. The third-order valence-corrected chi connectivity index (χ3v) is 9.38. The van der Waals surface area contributed by atoms with E-state index in [4.69, 9.17) is 10.8 Å². The van der Waals surface area contributed by atoms with Crippen LogP contribution in [0, 0.1) is 11.2 Å². The first kappa shape index (κ1) is 33.3. The highest BCUT2D eigenvalue weighted by atomic mass is 32.2. The SMILES string of the molecule is [2H]CC(C)(C)[C@H](NC(=O)CNC(=O)COc1ccc([C@@H]2[C@@H](SCC(O)c3ccc4c(c3)CCO4)C(=O)N2c2ccc(F)cc2)cc1)C(=O)O. The molecule has 3 aromatic carbocycles. The lowest BCUT2D eigenvalue weighted by molar-refractivity contribution is -0.144. The molecule has 254 valence electrons. The zero-order valence-electron chi connectivity index (χ0n) is 27.5. The van der Waals surface area contributed by atoms with Crippen LogP contribution in [0.5, 0.6) is 11.5 Å². The molecule has 3 amide bonds. The minimum atomic E-state index is -1.29. The van der Waals surface area contributed by atoms with Crippen molar-refractivity contribution in [3.05, 3.63) is 89.2 Å². The van der Waals surface area contributed by atoms with Gasteiger partial charge >= 0.3 is 5.97 Å². The highest BCUT2D eigenvalue weighted by Crippen LogP contribution is 2.46. The summed E-state index contributed by atoms with van der Waals surface area (Å²) in [5.74, 6) is -1.74. The van der Waals surface area contributed by atoms with Gasteiger partial charge in [-0.25, -0.2) is 9.18 Å². The number of halogens is 1. The number of nitrogens with zero attached hydrogens (tertiary/aromatic N) is 1. The zero-order valence-corrected chi connectivity index (χ0v) is 27.3. The van der Waals surface area contributed by atoms with Gasteiger partial charge < -0.3 is 35.2 Å². The number of aliphatic hydroxyl groups excluding tert-OH is 1. The molecule has 2 heterocycles. The molecule has 1 unspecified atom stereocenters. The van der Waals surface area contributed by atoms with Crippen molar-refractivity contribution >= 4 is 41.1 Å². The summed E-state index contributed by atoms with van der Waals surface area (Å²) in [6.07, 6.45) is -0.0205. The van der Waals surface area contributed by atoms with E-state index in [1.807, 2.05) is 18.2 Å². The normalized spacial score (nSPS) is 18.5. The molecule has 0 spiro atoms. The van der Waals surface area contributed by atoms with Gasteiger partial charge in [0, 0.05) is 19.2 Å². The molecule has 0 aliphatic carbocycles. The molecule has 0 aromatic heterocycles. The molecule has 4 N–H and O–H groups in total. The van der Waals surface area contributed by atoms with Crippen molar-refractivity contribution in [1.29, 1.82) is 0 Å². The molecule has 2 aliphatic rings. The first-order chi connectivity index (χ1) is 23.4. The number of carboxylic acid groups (broad SMARTS) is 1. The van der Waals surface area contributed by atoms with E-state index in [1.54, 1.807) is 43.0 Å². The van der Waals surface area contributed by atoms with Gasteiger partial charge in [-0.2, -0.15) is 0 Å². The van der Waals surface area contributed by atoms with Crippen LogP contribution in [0.15, 0.2) is 66.7 Å². The fourth-order valence-corrected chi connectivity index (χ4v) is 6.79. The van der Waals surface area contributed by atoms with Gasteiger partial charge in [0.1, 0.15) is 28.6 Å². The number of amides is 3. The Labute approximate surface area is 283 Å².